The third-order valence-electron chi connectivity index (χ3n) is 3.23. The largest absolute Gasteiger partial charge is 0.452 e. The van der Waals surface area contributed by atoms with Gasteiger partial charge in [-0.25, -0.2) is 13.6 Å². The number of carbonyl (C=O) groups excluding carboxylic acids is 2. The van der Waals surface area contributed by atoms with E-state index in [1.54, 1.807) is 0 Å². The first kappa shape index (κ1) is 20.7. The summed E-state index contributed by atoms with van der Waals surface area (Å²) in [6, 6.07) is 3.24. The summed E-state index contributed by atoms with van der Waals surface area (Å²) in [5.74, 6) is -4.49. The Bertz CT molecular complexity index is 925. The van der Waals surface area contributed by atoms with Gasteiger partial charge in [-0.15, -0.1) is 0 Å². The van der Waals surface area contributed by atoms with Gasteiger partial charge in [-0.3, -0.25) is 14.9 Å². The van der Waals surface area contributed by atoms with Crippen molar-refractivity contribution in [3.8, 4) is 0 Å². The number of nitro benzene ring substituents is 1. The van der Waals surface area contributed by atoms with Crippen molar-refractivity contribution < 1.29 is 41.2 Å². The smallest absolute Gasteiger partial charge is 0.416 e. The van der Waals surface area contributed by atoms with Crippen LogP contribution in [0, 0.1) is 21.7 Å². The van der Waals surface area contributed by atoms with Gasteiger partial charge in [-0.2, -0.15) is 13.2 Å². The van der Waals surface area contributed by atoms with Crippen molar-refractivity contribution in [1.29, 1.82) is 0 Å². The predicted molar refractivity (Wildman–Crippen MR) is 83.4 cm³/mol. The van der Waals surface area contributed by atoms with E-state index in [0.29, 0.717) is 30.3 Å². The summed E-state index contributed by atoms with van der Waals surface area (Å²) < 4.78 is 68.5. The third-order valence-corrected chi connectivity index (χ3v) is 3.23. The molecule has 0 bridgehead atoms. The summed E-state index contributed by atoms with van der Waals surface area (Å²) in [5.41, 5.74) is -3.40. The maximum atomic E-state index is 13.0. The van der Waals surface area contributed by atoms with Gasteiger partial charge < -0.3 is 10.1 Å². The van der Waals surface area contributed by atoms with Crippen LogP contribution in [-0.4, -0.2) is 23.4 Å². The third kappa shape index (κ3) is 5.22. The van der Waals surface area contributed by atoms with E-state index in [-0.39, 0.29) is 6.07 Å². The molecule has 0 radical (unpaired) electrons. The number of rotatable bonds is 5. The molecule has 0 saturated heterocycles. The second-order valence-electron chi connectivity index (χ2n) is 5.27. The van der Waals surface area contributed by atoms with Crippen molar-refractivity contribution in [1.82, 2.24) is 0 Å². The Morgan fingerprint density at radius 3 is 2.21 bits per heavy atom. The fourth-order valence-electron chi connectivity index (χ4n) is 2.04. The van der Waals surface area contributed by atoms with Crippen molar-refractivity contribution in [3.63, 3.8) is 0 Å². The zero-order valence-corrected chi connectivity index (χ0v) is 13.5. The van der Waals surface area contributed by atoms with Gasteiger partial charge in [-0.05, 0) is 24.3 Å². The number of anilines is 1. The van der Waals surface area contributed by atoms with E-state index in [2.05, 4.69) is 4.74 Å². The maximum Gasteiger partial charge on any atom is 0.416 e. The molecule has 2 rings (SSSR count). The molecule has 0 aliphatic heterocycles. The van der Waals surface area contributed by atoms with Crippen LogP contribution >= 0.6 is 0 Å². The minimum absolute atomic E-state index is 0.233. The van der Waals surface area contributed by atoms with Gasteiger partial charge in [0.2, 0.25) is 0 Å². The van der Waals surface area contributed by atoms with Crippen LogP contribution in [0.4, 0.5) is 33.3 Å². The van der Waals surface area contributed by atoms with Crippen molar-refractivity contribution in [3.05, 3.63) is 69.3 Å². The first-order valence-electron chi connectivity index (χ1n) is 7.26. The lowest BCUT2D eigenvalue weighted by Gasteiger charge is -2.10. The summed E-state index contributed by atoms with van der Waals surface area (Å²) in [7, 11) is 0. The van der Waals surface area contributed by atoms with Crippen LogP contribution in [0.2, 0.25) is 0 Å². The highest BCUT2D eigenvalue weighted by Gasteiger charge is 2.33. The van der Waals surface area contributed by atoms with Gasteiger partial charge in [0.05, 0.1) is 16.1 Å². The highest BCUT2D eigenvalue weighted by Crippen LogP contribution is 2.34. The Morgan fingerprint density at radius 2 is 1.68 bits per heavy atom. The number of ether oxygens (including phenoxy) is 1. The molecule has 1 amide bonds. The Labute approximate surface area is 152 Å². The average Bonchev–Trinajstić information content (AvgIpc) is 2.58. The minimum Gasteiger partial charge on any atom is -0.452 e. The Kier molecular flexibility index (Phi) is 5.91. The molecule has 2 aromatic rings. The number of alkyl halides is 3. The van der Waals surface area contributed by atoms with E-state index in [1.165, 1.54) is 0 Å². The number of esters is 1. The molecule has 0 heterocycles. The Balaban J connectivity index is 2.08. The number of nitrogens with zero attached hydrogens (tertiary/aromatic N) is 1. The molecule has 0 saturated carbocycles. The minimum atomic E-state index is -4.83. The molecule has 148 valence electrons. The molecule has 0 unspecified atom stereocenters. The number of hydrogen-bond donors (Lipinski definition) is 1. The number of halogens is 5. The molecule has 0 aliphatic carbocycles. The summed E-state index contributed by atoms with van der Waals surface area (Å²) >= 11 is 0. The van der Waals surface area contributed by atoms with Gasteiger partial charge in [0.1, 0.15) is 17.3 Å². The number of benzene rings is 2. The molecular formula is C16H9F5N2O5. The van der Waals surface area contributed by atoms with Gasteiger partial charge in [0, 0.05) is 12.1 Å². The molecule has 0 aliphatic rings. The van der Waals surface area contributed by atoms with Crippen LogP contribution in [0.25, 0.3) is 0 Å². The average molecular weight is 404 g/mol. The molecule has 0 atom stereocenters. The van der Waals surface area contributed by atoms with Gasteiger partial charge in [0.25, 0.3) is 11.6 Å². The van der Waals surface area contributed by atoms with Gasteiger partial charge in [-0.1, -0.05) is 0 Å². The van der Waals surface area contributed by atoms with E-state index in [9.17, 15) is 41.7 Å². The fraction of sp³-hybridized carbons (Fsp3) is 0.125. The van der Waals surface area contributed by atoms with Crippen LogP contribution in [-0.2, 0) is 15.7 Å². The molecule has 0 fully saturated rings. The summed E-state index contributed by atoms with van der Waals surface area (Å²) in [4.78, 5) is 33.2. The normalized spacial score (nSPS) is 11.0. The lowest BCUT2D eigenvalue weighted by atomic mass is 10.1. The van der Waals surface area contributed by atoms with E-state index in [1.807, 2.05) is 5.32 Å². The zero-order valence-electron chi connectivity index (χ0n) is 13.5. The molecule has 0 spiro atoms. The first-order chi connectivity index (χ1) is 13.0. The van der Waals surface area contributed by atoms with E-state index in [4.69, 9.17) is 0 Å². The highest BCUT2D eigenvalue weighted by atomic mass is 19.4. The lowest BCUT2D eigenvalue weighted by molar-refractivity contribution is -0.384. The van der Waals surface area contributed by atoms with Crippen LogP contribution in [0.15, 0.2) is 36.4 Å². The molecule has 2 aromatic carbocycles. The first-order valence-corrected chi connectivity index (χ1v) is 7.26. The van der Waals surface area contributed by atoms with Crippen LogP contribution in [0.5, 0.6) is 0 Å². The number of carbonyl (C=O) groups is 2. The fourth-order valence-corrected chi connectivity index (χ4v) is 2.04. The Morgan fingerprint density at radius 1 is 1.07 bits per heavy atom. The van der Waals surface area contributed by atoms with Crippen molar-refractivity contribution in [2.45, 2.75) is 6.18 Å². The van der Waals surface area contributed by atoms with Gasteiger partial charge >= 0.3 is 12.1 Å². The topological polar surface area (TPSA) is 98.5 Å². The second-order valence-corrected chi connectivity index (χ2v) is 5.27. The van der Waals surface area contributed by atoms with Crippen LogP contribution in [0.3, 0.4) is 0 Å². The number of nitrogens with one attached hydrogen (secondary N) is 1. The second kappa shape index (κ2) is 7.98. The molecule has 0 aromatic heterocycles. The van der Waals surface area contributed by atoms with Crippen LogP contribution in [0.1, 0.15) is 15.9 Å². The summed E-state index contributed by atoms with van der Waals surface area (Å²) in [6.45, 7) is -1.00. The number of hydrogen-bond acceptors (Lipinski definition) is 5. The molecular weight excluding hydrogens is 395 g/mol. The molecule has 28 heavy (non-hydrogen) atoms. The van der Waals surface area contributed by atoms with Crippen LogP contribution < -0.4 is 5.32 Å². The number of nitro groups is 1. The molecule has 7 nitrogen and oxygen atoms in total. The SMILES string of the molecule is O=C(COC(=O)c1cc(F)cc(F)c1)Nc1ccc(C(F)(F)F)cc1[N+](=O)[O-]. The molecule has 12 heteroatoms. The summed E-state index contributed by atoms with van der Waals surface area (Å²) in [5, 5.41) is 12.9. The standard InChI is InChI=1S/C16H9F5N2O5/c17-10-3-8(4-11(18)6-10)15(25)28-7-14(24)22-12-2-1-9(16(19,20)21)5-13(12)23(26)27/h1-6H,7H2,(H,22,24). The maximum absolute atomic E-state index is 13.0. The highest BCUT2D eigenvalue weighted by molar-refractivity contribution is 5.96. The van der Waals surface area contributed by atoms with Gasteiger partial charge in [0.15, 0.2) is 6.61 Å². The van der Waals surface area contributed by atoms with Crippen molar-refractivity contribution >= 4 is 23.3 Å². The Hall–Kier alpha value is -3.57. The van der Waals surface area contributed by atoms with E-state index >= 15 is 0 Å². The predicted octanol–water partition coefficient (Wildman–Crippen LogP) is 3.69. The zero-order chi connectivity index (χ0) is 21.1. The summed E-state index contributed by atoms with van der Waals surface area (Å²) in [6.07, 6.45) is -4.83. The lowest BCUT2D eigenvalue weighted by Crippen LogP contribution is -2.21. The van der Waals surface area contributed by atoms with Crippen molar-refractivity contribution in [2.24, 2.45) is 0 Å². The quantitative estimate of drug-likeness (QED) is 0.355. The monoisotopic (exact) mass is 404 g/mol. The van der Waals surface area contributed by atoms with E-state index in [0.717, 1.165) is 0 Å². The molecule has 1 N–H and O–H groups in total. The number of amides is 1. The van der Waals surface area contributed by atoms with Crippen molar-refractivity contribution in [2.75, 3.05) is 11.9 Å². The van der Waals surface area contributed by atoms with E-state index < -0.39 is 63.7 Å².